The monoisotopic (exact) mass is 312 g/mol. The molecule has 1 aromatic rings. The summed E-state index contributed by atoms with van der Waals surface area (Å²) < 4.78 is 27.2. The first kappa shape index (κ1) is 15.8. The minimum absolute atomic E-state index is 0.284. The van der Waals surface area contributed by atoms with Gasteiger partial charge in [-0.25, -0.2) is 8.42 Å². The highest BCUT2D eigenvalue weighted by atomic mass is 32.2. The normalized spacial score (nSPS) is 22.6. The van der Waals surface area contributed by atoms with Crippen LogP contribution in [0, 0.1) is 0 Å². The fourth-order valence-electron chi connectivity index (χ4n) is 2.55. The molecule has 0 aliphatic heterocycles. The molecular formula is C14H20N2O4S. The van der Waals surface area contributed by atoms with Gasteiger partial charge in [0.25, 0.3) is 5.91 Å². The van der Waals surface area contributed by atoms with Gasteiger partial charge in [-0.1, -0.05) is 18.9 Å². The molecule has 0 aromatic heterocycles. The number of nitrogens with one attached hydrogen (secondary N) is 2. The van der Waals surface area contributed by atoms with E-state index >= 15 is 0 Å². The van der Waals surface area contributed by atoms with Crippen molar-refractivity contribution in [2.24, 2.45) is 0 Å². The van der Waals surface area contributed by atoms with Crippen molar-refractivity contribution in [1.29, 1.82) is 0 Å². The van der Waals surface area contributed by atoms with Gasteiger partial charge in [0.1, 0.15) is 5.25 Å². The number of hydrogen-bond donors (Lipinski definition) is 3. The second-order valence-electron chi connectivity index (χ2n) is 5.20. The van der Waals surface area contributed by atoms with Gasteiger partial charge in [-0.15, -0.1) is 0 Å². The summed E-state index contributed by atoms with van der Waals surface area (Å²) in [4.78, 5) is 11.6. The quantitative estimate of drug-likeness (QED) is 0.775. The summed E-state index contributed by atoms with van der Waals surface area (Å²) in [6, 6.07) is 6.27. The van der Waals surface area contributed by atoms with Crippen LogP contribution in [0.1, 0.15) is 36.0 Å². The second-order valence-corrected chi connectivity index (χ2v) is 7.10. The van der Waals surface area contributed by atoms with E-state index in [-0.39, 0.29) is 5.91 Å². The lowest BCUT2D eigenvalue weighted by Crippen LogP contribution is -2.40. The Balaban J connectivity index is 2.18. The summed E-state index contributed by atoms with van der Waals surface area (Å²) in [5, 5.41) is 11.6. The van der Waals surface area contributed by atoms with Crippen molar-refractivity contribution in [1.82, 2.24) is 5.32 Å². The molecule has 2 unspecified atom stereocenters. The largest absolute Gasteiger partial charge is 0.392 e. The van der Waals surface area contributed by atoms with E-state index in [1.54, 1.807) is 18.2 Å². The molecular weight excluding hydrogens is 292 g/mol. The molecule has 6 nitrogen and oxygen atoms in total. The molecule has 1 aromatic carbocycles. The van der Waals surface area contributed by atoms with Crippen LogP contribution in [0.2, 0.25) is 0 Å². The number of rotatable bonds is 4. The highest BCUT2D eigenvalue weighted by molar-refractivity contribution is 7.93. The maximum Gasteiger partial charge on any atom is 0.251 e. The molecule has 2 atom stereocenters. The molecule has 116 valence electrons. The fourth-order valence-corrected chi connectivity index (χ4v) is 4.18. The Morgan fingerprint density at radius 1 is 1.29 bits per heavy atom. The topological polar surface area (TPSA) is 95.5 Å². The van der Waals surface area contributed by atoms with Crippen LogP contribution in [0.4, 0.5) is 5.69 Å². The molecule has 7 heteroatoms. The molecule has 2 rings (SSSR count). The summed E-state index contributed by atoms with van der Waals surface area (Å²) in [6.45, 7) is 0. The molecule has 1 amide bonds. The van der Waals surface area contributed by atoms with Crippen molar-refractivity contribution in [2.75, 3.05) is 11.8 Å². The molecule has 21 heavy (non-hydrogen) atoms. The minimum Gasteiger partial charge on any atom is -0.392 e. The Hall–Kier alpha value is -1.60. The first-order valence-corrected chi connectivity index (χ1v) is 8.50. The number of carbonyl (C=O) groups excluding carboxylic acids is 1. The predicted octanol–water partition coefficient (Wildman–Crippen LogP) is 1.09. The Bertz CT molecular complexity index is 615. The highest BCUT2D eigenvalue weighted by Gasteiger charge is 2.34. The summed E-state index contributed by atoms with van der Waals surface area (Å²) in [7, 11) is -2.15. The summed E-state index contributed by atoms with van der Waals surface area (Å²) in [6.07, 6.45) is 1.76. The number of carbonyl (C=O) groups is 1. The van der Waals surface area contributed by atoms with Gasteiger partial charge >= 0.3 is 0 Å². The van der Waals surface area contributed by atoms with E-state index in [9.17, 15) is 18.3 Å². The predicted molar refractivity (Wildman–Crippen MR) is 80.6 cm³/mol. The van der Waals surface area contributed by atoms with Gasteiger partial charge in [0.05, 0.1) is 6.10 Å². The number of benzene rings is 1. The van der Waals surface area contributed by atoms with E-state index in [4.69, 9.17) is 0 Å². The van der Waals surface area contributed by atoms with Gasteiger partial charge in [0, 0.05) is 18.3 Å². The van der Waals surface area contributed by atoms with Gasteiger partial charge in [-0.05, 0) is 31.0 Å². The van der Waals surface area contributed by atoms with Crippen LogP contribution in [-0.2, 0) is 10.0 Å². The van der Waals surface area contributed by atoms with Crippen molar-refractivity contribution in [3.05, 3.63) is 29.8 Å². The van der Waals surface area contributed by atoms with E-state index in [1.807, 2.05) is 0 Å². The van der Waals surface area contributed by atoms with Gasteiger partial charge < -0.3 is 10.4 Å². The van der Waals surface area contributed by atoms with Crippen LogP contribution in [-0.4, -0.2) is 37.8 Å². The number of aliphatic hydroxyl groups excluding tert-OH is 1. The Morgan fingerprint density at radius 3 is 2.67 bits per heavy atom. The smallest absolute Gasteiger partial charge is 0.251 e. The van der Waals surface area contributed by atoms with Crippen LogP contribution in [0.3, 0.4) is 0 Å². The van der Waals surface area contributed by atoms with Gasteiger partial charge in [0.15, 0.2) is 0 Å². The van der Waals surface area contributed by atoms with Crippen molar-refractivity contribution in [3.63, 3.8) is 0 Å². The summed E-state index contributed by atoms with van der Waals surface area (Å²) >= 11 is 0. The number of anilines is 1. The lowest BCUT2D eigenvalue weighted by Gasteiger charge is -2.27. The van der Waals surface area contributed by atoms with Crippen LogP contribution in [0.5, 0.6) is 0 Å². The minimum atomic E-state index is -3.67. The second kappa shape index (κ2) is 6.44. The lowest BCUT2D eigenvalue weighted by atomic mass is 9.97. The van der Waals surface area contributed by atoms with Crippen LogP contribution < -0.4 is 10.0 Å². The van der Waals surface area contributed by atoms with E-state index in [1.165, 1.54) is 13.1 Å². The number of amides is 1. The summed E-state index contributed by atoms with van der Waals surface area (Å²) in [5.41, 5.74) is 0.704. The molecule has 0 radical (unpaired) electrons. The van der Waals surface area contributed by atoms with E-state index in [0.717, 1.165) is 12.8 Å². The van der Waals surface area contributed by atoms with Gasteiger partial charge in [-0.3, -0.25) is 9.52 Å². The maximum absolute atomic E-state index is 12.3. The zero-order chi connectivity index (χ0) is 15.5. The number of sulfonamides is 1. The molecule has 0 spiro atoms. The van der Waals surface area contributed by atoms with Crippen LogP contribution in [0.25, 0.3) is 0 Å². The highest BCUT2D eigenvalue weighted by Crippen LogP contribution is 2.26. The third-order valence-corrected chi connectivity index (χ3v) is 5.55. The number of aliphatic hydroxyl groups is 1. The standard InChI is InChI=1S/C14H20N2O4S/c1-15-14(18)10-5-4-6-11(9-10)16-21(19,20)13-8-3-2-7-12(13)17/h4-6,9,12-13,16-17H,2-3,7-8H2,1H3,(H,15,18). The molecule has 0 saturated heterocycles. The molecule has 0 heterocycles. The Labute approximate surface area is 124 Å². The average molecular weight is 312 g/mol. The van der Waals surface area contributed by atoms with Crippen molar-refractivity contribution >= 4 is 21.6 Å². The molecule has 0 bridgehead atoms. The SMILES string of the molecule is CNC(=O)c1cccc(NS(=O)(=O)C2CCCCC2O)c1. The first-order chi connectivity index (χ1) is 9.94. The average Bonchev–Trinajstić information content (AvgIpc) is 2.46. The first-order valence-electron chi connectivity index (χ1n) is 6.96. The maximum atomic E-state index is 12.3. The molecule has 3 N–H and O–H groups in total. The van der Waals surface area contributed by atoms with Crippen molar-refractivity contribution in [2.45, 2.75) is 37.0 Å². The van der Waals surface area contributed by atoms with E-state index in [0.29, 0.717) is 24.1 Å². The zero-order valence-corrected chi connectivity index (χ0v) is 12.7. The van der Waals surface area contributed by atoms with Crippen LogP contribution in [0.15, 0.2) is 24.3 Å². The Morgan fingerprint density at radius 2 is 2.00 bits per heavy atom. The number of hydrogen-bond acceptors (Lipinski definition) is 4. The van der Waals surface area contributed by atoms with Crippen molar-refractivity contribution in [3.8, 4) is 0 Å². The van der Waals surface area contributed by atoms with E-state index in [2.05, 4.69) is 10.0 Å². The summed E-state index contributed by atoms with van der Waals surface area (Å²) in [5.74, 6) is -0.284. The third-order valence-electron chi connectivity index (χ3n) is 3.68. The lowest BCUT2D eigenvalue weighted by molar-refractivity contribution is 0.0963. The fraction of sp³-hybridized carbons (Fsp3) is 0.500. The van der Waals surface area contributed by atoms with Gasteiger partial charge in [0.2, 0.25) is 10.0 Å². The zero-order valence-electron chi connectivity index (χ0n) is 11.9. The van der Waals surface area contributed by atoms with Crippen molar-refractivity contribution < 1.29 is 18.3 Å². The molecule has 1 aliphatic rings. The molecule has 1 saturated carbocycles. The molecule has 1 aliphatic carbocycles. The molecule has 1 fully saturated rings. The van der Waals surface area contributed by atoms with Crippen LogP contribution >= 0.6 is 0 Å². The van der Waals surface area contributed by atoms with Gasteiger partial charge in [-0.2, -0.15) is 0 Å². The Kier molecular flexibility index (Phi) is 4.84. The third kappa shape index (κ3) is 3.74. The van der Waals surface area contributed by atoms with E-state index < -0.39 is 21.4 Å².